The Kier molecular flexibility index (Phi) is 3.95. The number of anilines is 1. The highest BCUT2D eigenvalue weighted by Crippen LogP contribution is 2.40. The molecule has 0 fully saturated rings. The Morgan fingerprint density at radius 2 is 2.24 bits per heavy atom. The number of fused-ring (bicyclic) bond motifs is 1. The van der Waals surface area contributed by atoms with Crippen LogP contribution in [0.3, 0.4) is 0 Å². The zero-order valence-electron chi connectivity index (χ0n) is 10.6. The molecule has 94 valence electrons. The van der Waals surface area contributed by atoms with E-state index in [0.29, 0.717) is 12.0 Å². The average molecular weight is 253 g/mol. The van der Waals surface area contributed by atoms with Crippen LogP contribution in [0.5, 0.6) is 0 Å². The van der Waals surface area contributed by atoms with Crippen molar-refractivity contribution in [2.45, 2.75) is 38.6 Å². The van der Waals surface area contributed by atoms with Crippen LogP contribution >= 0.6 is 11.6 Å². The van der Waals surface area contributed by atoms with Gasteiger partial charge in [0.2, 0.25) is 0 Å². The molecule has 2 rings (SSSR count). The van der Waals surface area contributed by atoms with Gasteiger partial charge in [-0.25, -0.2) is 0 Å². The molecule has 2 nitrogen and oxygen atoms in total. The number of hydrogen-bond donors (Lipinski definition) is 1. The Hall–Kier alpha value is -0.730. The summed E-state index contributed by atoms with van der Waals surface area (Å²) in [5.74, 6) is 0.592. The molecule has 1 aliphatic heterocycles. The van der Waals surface area contributed by atoms with E-state index in [9.17, 15) is 0 Å². The van der Waals surface area contributed by atoms with Crippen LogP contribution in [0.1, 0.15) is 38.2 Å². The predicted molar refractivity (Wildman–Crippen MR) is 75.0 cm³/mol. The third-order valence-corrected chi connectivity index (χ3v) is 3.77. The molecule has 0 aromatic heterocycles. The van der Waals surface area contributed by atoms with Gasteiger partial charge in [0.1, 0.15) is 0 Å². The van der Waals surface area contributed by atoms with Gasteiger partial charge in [0.05, 0.1) is 0 Å². The first-order valence-corrected chi connectivity index (χ1v) is 6.77. The smallest absolute Gasteiger partial charge is 0.0410 e. The van der Waals surface area contributed by atoms with Crippen molar-refractivity contribution in [2.24, 2.45) is 5.73 Å². The molecule has 1 aromatic carbocycles. The Labute approximate surface area is 109 Å². The first-order chi connectivity index (χ1) is 8.13. The highest BCUT2D eigenvalue weighted by Gasteiger charge is 2.29. The van der Waals surface area contributed by atoms with E-state index in [1.807, 2.05) is 6.07 Å². The Balaban J connectivity index is 2.27. The van der Waals surface area contributed by atoms with Gasteiger partial charge >= 0.3 is 0 Å². The first-order valence-electron chi connectivity index (χ1n) is 6.39. The summed E-state index contributed by atoms with van der Waals surface area (Å²) in [5, 5.41) is 0.840. The molecule has 1 aromatic rings. The van der Waals surface area contributed by atoms with Crippen LogP contribution in [0.4, 0.5) is 5.69 Å². The lowest BCUT2D eigenvalue weighted by atomic mass is 9.96. The number of nitrogens with zero attached hydrogens (tertiary/aromatic N) is 1. The van der Waals surface area contributed by atoms with Gasteiger partial charge < -0.3 is 10.6 Å². The molecule has 1 unspecified atom stereocenters. The molecule has 17 heavy (non-hydrogen) atoms. The fourth-order valence-corrected chi connectivity index (χ4v) is 2.83. The van der Waals surface area contributed by atoms with Crippen molar-refractivity contribution in [3.8, 4) is 0 Å². The average Bonchev–Trinajstić information content (AvgIpc) is 2.64. The topological polar surface area (TPSA) is 29.3 Å². The van der Waals surface area contributed by atoms with Crippen LogP contribution in [-0.2, 0) is 0 Å². The molecule has 0 spiro atoms. The van der Waals surface area contributed by atoms with E-state index >= 15 is 0 Å². The van der Waals surface area contributed by atoms with Crippen LogP contribution < -0.4 is 10.6 Å². The van der Waals surface area contributed by atoms with Crippen LogP contribution in [0.25, 0.3) is 0 Å². The standard InChI is InChI=1S/C14H21ClN2/c1-10(2)17-9-11(4-3-7-16)13-8-12(15)5-6-14(13)17/h5-6,8,10-11H,3-4,7,9,16H2,1-2H3. The minimum Gasteiger partial charge on any atom is -0.368 e. The van der Waals surface area contributed by atoms with Crippen molar-refractivity contribution in [1.82, 2.24) is 0 Å². The Morgan fingerprint density at radius 3 is 2.88 bits per heavy atom. The van der Waals surface area contributed by atoms with Gasteiger partial charge in [0.25, 0.3) is 0 Å². The number of halogens is 1. The van der Waals surface area contributed by atoms with E-state index in [1.54, 1.807) is 0 Å². The molecule has 0 bridgehead atoms. The summed E-state index contributed by atoms with van der Waals surface area (Å²) in [5.41, 5.74) is 8.37. The van der Waals surface area contributed by atoms with Gasteiger partial charge in [0, 0.05) is 29.2 Å². The molecule has 1 heterocycles. The summed E-state index contributed by atoms with van der Waals surface area (Å²) in [7, 11) is 0. The second kappa shape index (κ2) is 5.28. The summed E-state index contributed by atoms with van der Waals surface area (Å²) in [6.07, 6.45) is 2.25. The highest BCUT2D eigenvalue weighted by molar-refractivity contribution is 6.30. The van der Waals surface area contributed by atoms with Gasteiger partial charge in [-0.05, 0) is 57.0 Å². The predicted octanol–water partition coefficient (Wildman–Crippen LogP) is 3.39. The fraction of sp³-hybridized carbons (Fsp3) is 0.571. The molecule has 0 amide bonds. The van der Waals surface area contributed by atoms with Crippen LogP contribution in [0.15, 0.2) is 18.2 Å². The van der Waals surface area contributed by atoms with E-state index in [1.165, 1.54) is 11.3 Å². The Bertz CT molecular complexity index is 390. The normalized spacial score (nSPS) is 18.9. The maximum absolute atomic E-state index is 6.11. The summed E-state index contributed by atoms with van der Waals surface area (Å²) in [6.45, 7) is 6.36. The lowest BCUT2D eigenvalue weighted by Gasteiger charge is -2.24. The zero-order valence-corrected chi connectivity index (χ0v) is 11.4. The van der Waals surface area contributed by atoms with Crippen molar-refractivity contribution in [3.63, 3.8) is 0 Å². The van der Waals surface area contributed by atoms with E-state index in [4.69, 9.17) is 17.3 Å². The highest BCUT2D eigenvalue weighted by atomic mass is 35.5. The maximum Gasteiger partial charge on any atom is 0.0410 e. The van der Waals surface area contributed by atoms with Crippen LogP contribution in [0.2, 0.25) is 5.02 Å². The molecule has 3 heteroatoms. The van der Waals surface area contributed by atoms with Crippen molar-refractivity contribution in [1.29, 1.82) is 0 Å². The largest absolute Gasteiger partial charge is 0.368 e. The molecule has 0 aliphatic carbocycles. The van der Waals surface area contributed by atoms with Crippen LogP contribution in [-0.4, -0.2) is 19.1 Å². The summed E-state index contributed by atoms with van der Waals surface area (Å²) >= 11 is 6.11. The molecular formula is C14H21ClN2. The van der Waals surface area contributed by atoms with Gasteiger partial charge in [-0.15, -0.1) is 0 Å². The van der Waals surface area contributed by atoms with Crippen molar-refractivity contribution in [2.75, 3.05) is 18.0 Å². The molecule has 0 saturated heterocycles. The minimum atomic E-state index is 0.540. The second-order valence-electron chi connectivity index (χ2n) is 5.08. The molecular weight excluding hydrogens is 232 g/mol. The fourth-order valence-electron chi connectivity index (χ4n) is 2.65. The molecule has 1 atom stereocenters. The lowest BCUT2D eigenvalue weighted by molar-refractivity contribution is 0.588. The van der Waals surface area contributed by atoms with Crippen molar-refractivity contribution >= 4 is 17.3 Å². The third-order valence-electron chi connectivity index (χ3n) is 3.54. The lowest BCUT2D eigenvalue weighted by Crippen LogP contribution is -2.29. The van der Waals surface area contributed by atoms with Crippen molar-refractivity contribution < 1.29 is 0 Å². The van der Waals surface area contributed by atoms with Crippen molar-refractivity contribution in [3.05, 3.63) is 28.8 Å². The second-order valence-corrected chi connectivity index (χ2v) is 5.51. The third kappa shape index (κ3) is 2.58. The number of rotatable bonds is 4. The summed E-state index contributed by atoms with van der Waals surface area (Å²) in [6, 6.07) is 6.81. The Morgan fingerprint density at radius 1 is 1.47 bits per heavy atom. The molecule has 1 aliphatic rings. The quantitative estimate of drug-likeness (QED) is 0.890. The summed E-state index contributed by atoms with van der Waals surface area (Å²) in [4.78, 5) is 2.47. The van der Waals surface area contributed by atoms with Gasteiger partial charge in [-0.3, -0.25) is 0 Å². The molecule has 0 saturated carbocycles. The number of nitrogens with two attached hydrogens (primary N) is 1. The van der Waals surface area contributed by atoms with E-state index in [2.05, 4.69) is 30.9 Å². The monoisotopic (exact) mass is 252 g/mol. The maximum atomic E-state index is 6.11. The summed E-state index contributed by atoms with van der Waals surface area (Å²) < 4.78 is 0. The van der Waals surface area contributed by atoms with Gasteiger partial charge in [-0.2, -0.15) is 0 Å². The van der Waals surface area contributed by atoms with E-state index in [-0.39, 0.29) is 0 Å². The number of hydrogen-bond acceptors (Lipinski definition) is 2. The van der Waals surface area contributed by atoms with E-state index in [0.717, 1.165) is 31.0 Å². The van der Waals surface area contributed by atoms with Gasteiger partial charge in [0.15, 0.2) is 0 Å². The minimum absolute atomic E-state index is 0.540. The molecule has 2 N–H and O–H groups in total. The number of benzene rings is 1. The SMILES string of the molecule is CC(C)N1CC(CCCN)c2cc(Cl)ccc21. The van der Waals surface area contributed by atoms with E-state index < -0.39 is 0 Å². The molecule has 0 radical (unpaired) electrons. The zero-order chi connectivity index (χ0) is 12.4. The van der Waals surface area contributed by atoms with Gasteiger partial charge in [-0.1, -0.05) is 11.6 Å². The van der Waals surface area contributed by atoms with Crippen LogP contribution in [0, 0.1) is 0 Å². The first kappa shape index (κ1) is 12.7.